The lowest BCUT2D eigenvalue weighted by molar-refractivity contribution is 0.0731. The van der Waals surface area contributed by atoms with Crippen LogP contribution >= 0.6 is 11.8 Å². The van der Waals surface area contributed by atoms with Crippen molar-refractivity contribution in [2.45, 2.75) is 30.6 Å². The van der Waals surface area contributed by atoms with E-state index in [0.717, 1.165) is 29.9 Å². The summed E-state index contributed by atoms with van der Waals surface area (Å²) in [5.74, 6) is 2.04. The van der Waals surface area contributed by atoms with Gasteiger partial charge in [0.25, 0.3) is 11.5 Å². The summed E-state index contributed by atoms with van der Waals surface area (Å²) >= 11 is 1.55. The first-order valence-electron chi connectivity index (χ1n) is 9.15. The molecule has 4 heterocycles. The molecular weight excluding hydrogens is 366 g/mol. The molecule has 0 unspecified atom stereocenters. The zero-order chi connectivity index (χ0) is 18.4. The minimum absolute atomic E-state index is 0.0691. The van der Waals surface area contributed by atoms with Crippen molar-refractivity contribution < 1.29 is 14.3 Å². The fraction of sp³-hybridized carbons (Fsp3) is 0.421. The summed E-state index contributed by atoms with van der Waals surface area (Å²) in [6.07, 6.45) is 3.20. The third-order valence-electron chi connectivity index (χ3n) is 5.25. The number of ether oxygens (including phenoxy) is 2. The molecule has 0 spiro atoms. The molecule has 27 heavy (non-hydrogen) atoms. The van der Waals surface area contributed by atoms with Crippen LogP contribution in [0.5, 0.6) is 11.5 Å². The first-order chi connectivity index (χ1) is 13.2. The molecule has 3 aliphatic rings. The van der Waals surface area contributed by atoms with Gasteiger partial charge in [-0.15, -0.1) is 0 Å². The SMILES string of the molecule is O=C(c1cnc2n(c1=O)CCS2)N1CCC[C@H]1c1ccc2c(c1)OCCO2. The summed E-state index contributed by atoms with van der Waals surface area (Å²) < 4.78 is 12.9. The fourth-order valence-electron chi connectivity index (χ4n) is 3.94. The Morgan fingerprint density at radius 2 is 2.04 bits per heavy atom. The van der Waals surface area contributed by atoms with Crippen molar-refractivity contribution in [3.05, 3.63) is 45.9 Å². The summed E-state index contributed by atoms with van der Waals surface area (Å²) in [6.45, 7) is 2.32. The van der Waals surface area contributed by atoms with Crippen LogP contribution in [0.4, 0.5) is 0 Å². The van der Waals surface area contributed by atoms with Crippen LogP contribution < -0.4 is 15.0 Å². The molecule has 0 bridgehead atoms. The van der Waals surface area contributed by atoms with Crippen LogP contribution in [0.25, 0.3) is 0 Å². The molecule has 5 rings (SSSR count). The molecular formula is C19H19N3O4S. The molecule has 140 valence electrons. The normalized spacial score (nSPS) is 20.6. The number of nitrogens with zero attached hydrogens (tertiary/aromatic N) is 3. The van der Waals surface area contributed by atoms with Gasteiger partial charge in [0.05, 0.1) is 6.04 Å². The van der Waals surface area contributed by atoms with Gasteiger partial charge in [-0.2, -0.15) is 0 Å². The van der Waals surface area contributed by atoms with E-state index in [1.54, 1.807) is 21.2 Å². The van der Waals surface area contributed by atoms with Crippen LogP contribution in [-0.4, -0.2) is 45.9 Å². The lowest BCUT2D eigenvalue weighted by atomic mass is 10.0. The summed E-state index contributed by atoms with van der Waals surface area (Å²) in [6, 6.07) is 5.76. The summed E-state index contributed by atoms with van der Waals surface area (Å²) in [4.78, 5) is 32.0. The van der Waals surface area contributed by atoms with E-state index >= 15 is 0 Å². The van der Waals surface area contributed by atoms with Crippen LogP contribution in [0.15, 0.2) is 34.3 Å². The van der Waals surface area contributed by atoms with Crippen molar-refractivity contribution in [3.8, 4) is 11.5 Å². The highest BCUT2D eigenvalue weighted by Gasteiger charge is 2.33. The van der Waals surface area contributed by atoms with Gasteiger partial charge in [-0.1, -0.05) is 17.8 Å². The fourth-order valence-corrected chi connectivity index (χ4v) is 4.86. The molecule has 0 N–H and O–H groups in total. The molecule has 3 aliphatic heterocycles. The van der Waals surface area contributed by atoms with Crippen molar-refractivity contribution in [3.63, 3.8) is 0 Å². The molecule has 7 nitrogen and oxygen atoms in total. The van der Waals surface area contributed by atoms with Crippen LogP contribution in [0.3, 0.4) is 0 Å². The molecule has 0 saturated carbocycles. The number of hydrogen-bond donors (Lipinski definition) is 0. The Morgan fingerprint density at radius 1 is 1.19 bits per heavy atom. The number of hydrogen-bond acceptors (Lipinski definition) is 6. The monoisotopic (exact) mass is 385 g/mol. The van der Waals surface area contributed by atoms with Gasteiger partial charge in [0, 0.05) is 25.0 Å². The van der Waals surface area contributed by atoms with Crippen molar-refractivity contribution in [2.75, 3.05) is 25.5 Å². The summed E-state index contributed by atoms with van der Waals surface area (Å²) in [5.41, 5.74) is 0.934. The van der Waals surface area contributed by atoms with E-state index in [1.165, 1.54) is 6.20 Å². The van der Waals surface area contributed by atoms with Crippen molar-refractivity contribution in [1.29, 1.82) is 0 Å². The highest BCUT2D eigenvalue weighted by Crippen LogP contribution is 2.38. The number of aromatic nitrogens is 2. The first kappa shape index (κ1) is 16.7. The van der Waals surface area contributed by atoms with E-state index in [2.05, 4.69) is 4.98 Å². The largest absolute Gasteiger partial charge is 0.486 e. The maximum Gasteiger partial charge on any atom is 0.267 e. The Morgan fingerprint density at radius 3 is 2.93 bits per heavy atom. The van der Waals surface area contributed by atoms with Gasteiger partial charge in [0.2, 0.25) is 0 Å². The van der Waals surface area contributed by atoms with Gasteiger partial charge >= 0.3 is 0 Å². The van der Waals surface area contributed by atoms with Crippen LogP contribution in [0, 0.1) is 0 Å². The molecule has 1 aromatic heterocycles. The van der Waals surface area contributed by atoms with Crippen molar-refractivity contribution in [2.24, 2.45) is 0 Å². The average Bonchev–Trinajstić information content (AvgIpc) is 3.37. The second-order valence-electron chi connectivity index (χ2n) is 6.82. The standard InChI is InChI=1S/C19H19N3O4S/c23-17(13-11-20-19-22(18(13)24)6-9-27-19)21-5-1-2-14(21)12-3-4-15-16(10-12)26-8-7-25-15/h3-4,10-11,14H,1-2,5-9H2/t14-/m0/s1. The highest BCUT2D eigenvalue weighted by atomic mass is 32.2. The van der Waals surface area contributed by atoms with Crippen LogP contribution in [0.2, 0.25) is 0 Å². The number of amides is 1. The van der Waals surface area contributed by atoms with E-state index in [9.17, 15) is 9.59 Å². The quantitative estimate of drug-likeness (QED) is 0.737. The van der Waals surface area contributed by atoms with Crippen molar-refractivity contribution in [1.82, 2.24) is 14.5 Å². The number of fused-ring (bicyclic) bond motifs is 2. The molecule has 0 aliphatic carbocycles. The van der Waals surface area contributed by atoms with Gasteiger partial charge in [-0.05, 0) is 30.5 Å². The van der Waals surface area contributed by atoms with E-state index in [1.807, 2.05) is 18.2 Å². The summed E-state index contributed by atoms with van der Waals surface area (Å²) in [7, 11) is 0. The van der Waals surface area contributed by atoms with Crippen molar-refractivity contribution >= 4 is 17.7 Å². The molecule has 2 aromatic rings. The van der Waals surface area contributed by atoms with Crippen LogP contribution in [0.1, 0.15) is 34.8 Å². The zero-order valence-corrected chi connectivity index (χ0v) is 15.5. The van der Waals surface area contributed by atoms with Gasteiger partial charge in [0.15, 0.2) is 16.7 Å². The molecule has 1 aromatic carbocycles. The minimum Gasteiger partial charge on any atom is -0.486 e. The Kier molecular flexibility index (Phi) is 4.07. The lowest BCUT2D eigenvalue weighted by Gasteiger charge is -2.26. The number of thioether (sulfide) groups is 1. The van der Waals surface area contributed by atoms with Gasteiger partial charge < -0.3 is 14.4 Å². The van der Waals surface area contributed by atoms with Gasteiger partial charge in [-0.3, -0.25) is 14.2 Å². The predicted octanol–water partition coefficient (Wildman–Crippen LogP) is 2.10. The Bertz CT molecular complexity index is 974. The number of carbonyl (C=O) groups is 1. The van der Waals surface area contributed by atoms with Gasteiger partial charge in [-0.25, -0.2) is 4.98 Å². The number of carbonyl (C=O) groups excluding carboxylic acids is 1. The molecule has 1 saturated heterocycles. The Hall–Kier alpha value is -2.48. The minimum atomic E-state index is -0.239. The maximum atomic E-state index is 13.1. The average molecular weight is 385 g/mol. The number of likely N-dealkylation sites (tertiary alicyclic amines) is 1. The van der Waals surface area contributed by atoms with Gasteiger partial charge in [0.1, 0.15) is 18.8 Å². The highest BCUT2D eigenvalue weighted by molar-refractivity contribution is 7.99. The Labute approximate surface area is 160 Å². The summed E-state index contributed by atoms with van der Waals surface area (Å²) in [5, 5.41) is 0.696. The topological polar surface area (TPSA) is 73.7 Å². The Balaban J connectivity index is 1.46. The van der Waals surface area contributed by atoms with E-state index in [0.29, 0.717) is 37.2 Å². The van der Waals surface area contributed by atoms with E-state index < -0.39 is 0 Å². The maximum absolute atomic E-state index is 13.1. The van der Waals surface area contributed by atoms with E-state index in [-0.39, 0.29) is 23.1 Å². The zero-order valence-electron chi connectivity index (χ0n) is 14.7. The van der Waals surface area contributed by atoms with E-state index in [4.69, 9.17) is 9.47 Å². The third kappa shape index (κ3) is 2.79. The second-order valence-corrected chi connectivity index (χ2v) is 7.88. The first-order valence-corrected chi connectivity index (χ1v) is 10.1. The number of rotatable bonds is 2. The number of benzene rings is 1. The molecule has 1 amide bonds. The lowest BCUT2D eigenvalue weighted by Crippen LogP contribution is -2.36. The second kappa shape index (κ2) is 6.60. The predicted molar refractivity (Wildman–Crippen MR) is 99.7 cm³/mol. The smallest absolute Gasteiger partial charge is 0.267 e. The van der Waals surface area contributed by atoms with Crippen LogP contribution in [-0.2, 0) is 6.54 Å². The third-order valence-corrected chi connectivity index (χ3v) is 6.22. The molecule has 1 fully saturated rings. The molecule has 8 heteroatoms. The molecule has 1 atom stereocenters. The molecule has 0 radical (unpaired) electrons.